The van der Waals surface area contributed by atoms with E-state index in [1.54, 1.807) is 6.20 Å². The van der Waals surface area contributed by atoms with Crippen LogP contribution in [0.3, 0.4) is 0 Å². The number of aromatic nitrogens is 2. The minimum atomic E-state index is 0.0855. The van der Waals surface area contributed by atoms with Crippen LogP contribution in [-0.4, -0.2) is 9.97 Å². The fourth-order valence-corrected chi connectivity index (χ4v) is 1.47. The van der Waals surface area contributed by atoms with Crippen molar-refractivity contribution in [3.05, 3.63) is 22.7 Å². The molecule has 5 heteroatoms. The molecule has 0 saturated heterocycles. The number of hydrogen-bond donors (Lipinski definition) is 2. The van der Waals surface area contributed by atoms with E-state index in [0.717, 1.165) is 16.6 Å². The molecule has 12 heavy (non-hydrogen) atoms. The molecule has 66 valence electrons. The van der Waals surface area contributed by atoms with Crippen LogP contribution in [0.15, 0.2) is 17.0 Å². The van der Waals surface area contributed by atoms with Gasteiger partial charge in [-0.05, 0) is 22.4 Å². The number of nitrogens with zero attached hydrogens (tertiary/aromatic N) is 2. The summed E-state index contributed by atoms with van der Waals surface area (Å²) in [5.74, 6) is 5.35. The lowest BCUT2D eigenvalue weighted by Gasteiger charge is -2.13. The maximum absolute atomic E-state index is 5.35. The Morgan fingerprint density at radius 2 is 2.50 bits per heavy atom. The average molecular weight is 231 g/mol. The molecule has 0 bridgehead atoms. The Morgan fingerprint density at radius 1 is 1.75 bits per heavy atom. The fourth-order valence-electron chi connectivity index (χ4n) is 0.969. The highest BCUT2D eigenvalue weighted by molar-refractivity contribution is 9.10. The van der Waals surface area contributed by atoms with Crippen molar-refractivity contribution < 1.29 is 0 Å². The van der Waals surface area contributed by atoms with Gasteiger partial charge in [-0.25, -0.2) is 9.97 Å². The van der Waals surface area contributed by atoms with Crippen molar-refractivity contribution in [1.82, 2.24) is 15.4 Å². The van der Waals surface area contributed by atoms with Crippen LogP contribution in [0, 0.1) is 0 Å². The summed E-state index contributed by atoms with van der Waals surface area (Å²) in [7, 11) is 0. The van der Waals surface area contributed by atoms with Gasteiger partial charge >= 0.3 is 0 Å². The third-order valence-corrected chi connectivity index (χ3v) is 2.25. The van der Waals surface area contributed by atoms with Crippen molar-refractivity contribution in [2.75, 3.05) is 0 Å². The molecule has 0 aromatic carbocycles. The molecule has 4 nitrogen and oxygen atoms in total. The van der Waals surface area contributed by atoms with E-state index < -0.39 is 0 Å². The minimum absolute atomic E-state index is 0.0855. The number of hydrogen-bond acceptors (Lipinski definition) is 4. The van der Waals surface area contributed by atoms with Crippen molar-refractivity contribution >= 4 is 15.9 Å². The second kappa shape index (κ2) is 4.49. The van der Waals surface area contributed by atoms with Gasteiger partial charge < -0.3 is 0 Å². The molecule has 1 atom stereocenters. The third-order valence-electron chi connectivity index (χ3n) is 1.64. The zero-order valence-corrected chi connectivity index (χ0v) is 8.37. The topological polar surface area (TPSA) is 63.8 Å². The molecule has 0 aliphatic carbocycles. The summed E-state index contributed by atoms with van der Waals surface area (Å²) in [6, 6.07) is 0.0855. The molecule has 1 unspecified atom stereocenters. The van der Waals surface area contributed by atoms with Gasteiger partial charge in [0.2, 0.25) is 0 Å². The molecular weight excluding hydrogens is 220 g/mol. The zero-order valence-electron chi connectivity index (χ0n) is 6.79. The highest BCUT2D eigenvalue weighted by Gasteiger charge is 2.11. The summed E-state index contributed by atoms with van der Waals surface area (Å²) in [5.41, 5.74) is 3.59. The third kappa shape index (κ3) is 2.00. The smallest absolute Gasteiger partial charge is 0.115 e. The molecule has 1 heterocycles. The molecule has 0 spiro atoms. The second-order valence-corrected chi connectivity index (χ2v) is 3.24. The van der Waals surface area contributed by atoms with Gasteiger partial charge in [-0.15, -0.1) is 0 Å². The number of nitrogens with one attached hydrogen (secondary N) is 1. The van der Waals surface area contributed by atoms with Gasteiger partial charge in [-0.1, -0.05) is 6.92 Å². The molecule has 0 fully saturated rings. The van der Waals surface area contributed by atoms with Crippen molar-refractivity contribution in [1.29, 1.82) is 0 Å². The first-order valence-electron chi connectivity index (χ1n) is 3.71. The zero-order chi connectivity index (χ0) is 8.97. The summed E-state index contributed by atoms with van der Waals surface area (Å²) < 4.78 is 0.884. The van der Waals surface area contributed by atoms with Crippen LogP contribution in [0.4, 0.5) is 0 Å². The summed E-state index contributed by atoms with van der Waals surface area (Å²) in [6.45, 7) is 2.04. The van der Waals surface area contributed by atoms with Crippen molar-refractivity contribution in [2.45, 2.75) is 19.4 Å². The van der Waals surface area contributed by atoms with Crippen LogP contribution in [0.2, 0.25) is 0 Å². The van der Waals surface area contributed by atoms with Gasteiger partial charge in [0, 0.05) is 6.20 Å². The fraction of sp³-hybridized carbons (Fsp3) is 0.429. The Hall–Kier alpha value is -0.520. The molecule has 1 rings (SSSR count). The Bertz CT molecular complexity index is 249. The normalized spacial score (nSPS) is 12.9. The van der Waals surface area contributed by atoms with E-state index in [1.807, 2.05) is 6.92 Å². The van der Waals surface area contributed by atoms with Crippen LogP contribution in [-0.2, 0) is 0 Å². The standard InChI is InChI=1S/C7H11BrN4/c1-2-6(12-9)7-5(8)3-10-4-11-7/h3-4,6,12H,2,9H2,1H3. The van der Waals surface area contributed by atoms with E-state index in [4.69, 9.17) is 5.84 Å². The van der Waals surface area contributed by atoms with Gasteiger partial charge in [0.1, 0.15) is 6.33 Å². The van der Waals surface area contributed by atoms with Gasteiger partial charge in [0.25, 0.3) is 0 Å². The summed E-state index contributed by atoms with van der Waals surface area (Å²) in [6.07, 6.45) is 4.12. The maximum Gasteiger partial charge on any atom is 0.115 e. The maximum atomic E-state index is 5.35. The first-order chi connectivity index (χ1) is 5.79. The Labute approximate surface area is 79.7 Å². The molecule has 1 aromatic rings. The van der Waals surface area contributed by atoms with Crippen LogP contribution < -0.4 is 11.3 Å². The van der Waals surface area contributed by atoms with Gasteiger partial charge in [0.05, 0.1) is 16.2 Å². The highest BCUT2D eigenvalue weighted by atomic mass is 79.9. The van der Waals surface area contributed by atoms with E-state index in [-0.39, 0.29) is 6.04 Å². The van der Waals surface area contributed by atoms with Crippen LogP contribution >= 0.6 is 15.9 Å². The lowest BCUT2D eigenvalue weighted by atomic mass is 10.1. The number of halogens is 1. The van der Waals surface area contributed by atoms with Gasteiger partial charge in [-0.3, -0.25) is 11.3 Å². The Balaban J connectivity index is 2.92. The molecule has 0 aliphatic heterocycles. The summed E-state index contributed by atoms with van der Waals surface area (Å²) in [5, 5.41) is 0. The quantitative estimate of drug-likeness (QED) is 0.605. The lowest BCUT2D eigenvalue weighted by molar-refractivity contribution is 0.522. The number of hydrazine groups is 1. The predicted molar refractivity (Wildman–Crippen MR) is 50.1 cm³/mol. The SMILES string of the molecule is CCC(NN)c1ncncc1Br. The van der Waals surface area contributed by atoms with Crippen LogP contribution in [0.5, 0.6) is 0 Å². The predicted octanol–water partition coefficient (Wildman–Crippen LogP) is 1.15. The molecule has 3 N–H and O–H groups in total. The van der Waals surface area contributed by atoms with Gasteiger partial charge in [0.15, 0.2) is 0 Å². The monoisotopic (exact) mass is 230 g/mol. The minimum Gasteiger partial charge on any atom is -0.271 e. The Kier molecular flexibility index (Phi) is 3.58. The molecule has 1 aromatic heterocycles. The van der Waals surface area contributed by atoms with Crippen molar-refractivity contribution in [3.63, 3.8) is 0 Å². The van der Waals surface area contributed by atoms with E-state index in [0.29, 0.717) is 0 Å². The number of rotatable bonds is 3. The molecular formula is C7H11BrN4. The van der Waals surface area contributed by atoms with Crippen molar-refractivity contribution in [3.8, 4) is 0 Å². The molecule has 0 aliphatic rings. The van der Waals surface area contributed by atoms with Crippen LogP contribution in [0.25, 0.3) is 0 Å². The summed E-state index contributed by atoms with van der Waals surface area (Å²) in [4.78, 5) is 7.99. The lowest BCUT2D eigenvalue weighted by Crippen LogP contribution is -2.28. The molecule has 0 radical (unpaired) electrons. The van der Waals surface area contributed by atoms with Crippen LogP contribution in [0.1, 0.15) is 25.1 Å². The van der Waals surface area contributed by atoms with Crippen molar-refractivity contribution in [2.24, 2.45) is 5.84 Å². The summed E-state index contributed by atoms with van der Waals surface area (Å²) >= 11 is 3.36. The first-order valence-corrected chi connectivity index (χ1v) is 4.50. The molecule has 0 amide bonds. The van der Waals surface area contributed by atoms with E-state index in [2.05, 4.69) is 31.3 Å². The largest absolute Gasteiger partial charge is 0.271 e. The second-order valence-electron chi connectivity index (χ2n) is 2.38. The number of nitrogens with two attached hydrogens (primary N) is 1. The first kappa shape index (κ1) is 9.57. The van der Waals surface area contributed by atoms with E-state index in [1.165, 1.54) is 6.33 Å². The van der Waals surface area contributed by atoms with Gasteiger partial charge in [-0.2, -0.15) is 0 Å². The Morgan fingerprint density at radius 3 is 3.00 bits per heavy atom. The highest BCUT2D eigenvalue weighted by Crippen LogP contribution is 2.20. The average Bonchev–Trinajstić information content (AvgIpc) is 2.10. The van der Waals surface area contributed by atoms with E-state index >= 15 is 0 Å². The van der Waals surface area contributed by atoms with E-state index in [9.17, 15) is 0 Å². The molecule has 0 saturated carbocycles.